The smallest absolute Gasteiger partial charge is 0.227 e. The minimum absolute atomic E-state index is 0.212. The summed E-state index contributed by atoms with van der Waals surface area (Å²) in [6, 6.07) is 13.0. The van der Waals surface area contributed by atoms with Crippen LogP contribution in [0.4, 0.5) is 0 Å². The van der Waals surface area contributed by atoms with Crippen molar-refractivity contribution < 1.29 is 9.84 Å². The summed E-state index contributed by atoms with van der Waals surface area (Å²) in [4.78, 5) is 4.29. The van der Waals surface area contributed by atoms with Gasteiger partial charge in [-0.25, -0.2) is 4.98 Å². The fourth-order valence-electron chi connectivity index (χ4n) is 2.04. The first-order chi connectivity index (χ1) is 9.66. The minimum Gasteiger partial charge on any atom is -0.508 e. The van der Waals surface area contributed by atoms with Crippen LogP contribution in [-0.2, 0) is 0 Å². The average Bonchev–Trinajstić information content (AvgIpc) is 2.45. The van der Waals surface area contributed by atoms with E-state index in [4.69, 9.17) is 4.74 Å². The largest absolute Gasteiger partial charge is 0.508 e. The molecule has 3 nitrogen and oxygen atoms in total. The Labute approximate surface area is 125 Å². The third kappa shape index (κ3) is 2.23. The number of fused-ring (bicyclic) bond motifs is 1. The normalized spacial score (nSPS) is 10.7. The van der Waals surface area contributed by atoms with Crippen LogP contribution in [0, 0.1) is 6.92 Å². The van der Waals surface area contributed by atoms with Crippen molar-refractivity contribution in [2.45, 2.75) is 6.92 Å². The fourth-order valence-corrected chi connectivity index (χ4v) is 2.54. The van der Waals surface area contributed by atoms with E-state index in [1.54, 1.807) is 18.3 Å². The Balaban J connectivity index is 2.12. The number of halogens is 1. The molecule has 2 aromatic carbocycles. The van der Waals surface area contributed by atoms with Crippen molar-refractivity contribution in [3.63, 3.8) is 0 Å². The minimum atomic E-state index is 0.212. The number of ether oxygens (including phenoxy) is 1. The predicted molar refractivity (Wildman–Crippen MR) is 82.4 cm³/mol. The van der Waals surface area contributed by atoms with Gasteiger partial charge in [0.15, 0.2) is 0 Å². The molecule has 0 aliphatic carbocycles. The molecule has 100 valence electrons. The zero-order valence-corrected chi connectivity index (χ0v) is 12.4. The molecular weight excluding hydrogens is 318 g/mol. The molecule has 1 N–H and O–H groups in total. The molecule has 3 rings (SSSR count). The van der Waals surface area contributed by atoms with Gasteiger partial charge in [-0.3, -0.25) is 0 Å². The number of pyridine rings is 1. The Morgan fingerprint density at radius 3 is 2.70 bits per heavy atom. The lowest BCUT2D eigenvalue weighted by molar-refractivity contribution is 0.442. The van der Waals surface area contributed by atoms with Gasteiger partial charge in [-0.05, 0) is 37.3 Å². The topological polar surface area (TPSA) is 42.4 Å². The maximum atomic E-state index is 9.73. The zero-order chi connectivity index (χ0) is 14.1. The second-order valence-corrected chi connectivity index (χ2v) is 5.31. The third-order valence-corrected chi connectivity index (χ3v) is 3.87. The number of hydrogen-bond acceptors (Lipinski definition) is 3. The second-order valence-electron chi connectivity index (χ2n) is 4.45. The molecule has 4 heteroatoms. The standard InChI is InChI=1S/C16H12BrNO2/c1-10-14(19)6-3-7-15(10)20-16-12-4-2-5-13(17)11(12)8-9-18-16/h2-9,19H,1H3. The van der Waals surface area contributed by atoms with E-state index in [0.29, 0.717) is 17.2 Å². The van der Waals surface area contributed by atoms with Crippen LogP contribution in [0.1, 0.15) is 5.56 Å². The maximum Gasteiger partial charge on any atom is 0.227 e. The molecule has 1 aromatic heterocycles. The highest BCUT2D eigenvalue weighted by Gasteiger charge is 2.10. The monoisotopic (exact) mass is 329 g/mol. The van der Waals surface area contributed by atoms with Crippen LogP contribution in [0.5, 0.6) is 17.4 Å². The SMILES string of the molecule is Cc1c(O)cccc1Oc1nccc2c(Br)cccc12. The van der Waals surface area contributed by atoms with Gasteiger partial charge >= 0.3 is 0 Å². The lowest BCUT2D eigenvalue weighted by Gasteiger charge is -2.11. The van der Waals surface area contributed by atoms with Gasteiger partial charge in [0.2, 0.25) is 5.88 Å². The molecule has 0 atom stereocenters. The lowest BCUT2D eigenvalue weighted by atomic mass is 10.1. The summed E-state index contributed by atoms with van der Waals surface area (Å²) < 4.78 is 6.86. The van der Waals surface area contributed by atoms with Crippen molar-refractivity contribution in [3.05, 3.63) is 58.7 Å². The molecule has 0 bridgehead atoms. The Morgan fingerprint density at radius 2 is 1.85 bits per heavy atom. The van der Waals surface area contributed by atoms with Crippen molar-refractivity contribution in [3.8, 4) is 17.4 Å². The maximum absolute atomic E-state index is 9.73. The second kappa shape index (κ2) is 5.13. The highest BCUT2D eigenvalue weighted by molar-refractivity contribution is 9.10. The van der Waals surface area contributed by atoms with Gasteiger partial charge in [0.25, 0.3) is 0 Å². The summed E-state index contributed by atoms with van der Waals surface area (Å²) in [5, 5.41) is 11.7. The van der Waals surface area contributed by atoms with Crippen LogP contribution >= 0.6 is 15.9 Å². The van der Waals surface area contributed by atoms with Crippen molar-refractivity contribution in [1.29, 1.82) is 0 Å². The number of aromatic hydroxyl groups is 1. The van der Waals surface area contributed by atoms with Crippen LogP contribution < -0.4 is 4.74 Å². The molecular formula is C16H12BrNO2. The Morgan fingerprint density at radius 1 is 1.05 bits per heavy atom. The Bertz CT molecular complexity index is 787. The quantitative estimate of drug-likeness (QED) is 0.734. The number of phenols is 1. The first-order valence-corrected chi connectivity index (χ1v) is 6.96. The highest BCUT2D eigenvalue weighted by atomic mass is 79.9. The van der Waals surface area contributed by atoms with Crippen LogP contribution in [0.3, 0.4) is 0 Å². The molecule has 0 saturated carbocycles. The van der Waals surface area contributed by atoms with E-state index in [1.165, 1.54) is 0 Å². The van der Waals surface area contributed by atoms with E-state index in [-0.39, 0.29) is 5.75 Å². The predicted octanol–water partition coefficient (Wildman–Crippen LogP) is 4.80. The van der Waals surface area contributed by atoms with Crippen LogP contribution in [0.15, 0.2) is 53.1 Å². The van der Waals surface area contributed by atoms with Crippen LogP contribution in [0.25, 0.3) is 10.8 Å². The molecule has 3 aromatic rings. The van der Waals surface area contributed by atoms with E-state index in [1.807, 2.05) is 37.3 Å². The molecule has 0 radical (unpaired) electrons. The Kier molecular flexibility index (Phi) is 3.32. The Hall–Kier alpha value is -2.07. The van der Waals surface area contributed by atoms with Gasteiger partial charge in [-0.2, -0.15) is 0 Å². The molecule has 0 amide bonds. The van der Waals surface area contributed by atoms with E-state index >= 15 is 0 Å². The molecule has 0 spiro atoms. The van der Waals surface area contributed by atoms with Crippen molar-refractivity contribution in [1.82, 2.24) is 4.98 Å². The zero-order valence-electron chi connectivity index (χ0n) is 10.8. The van der Waals surface area contributed by atoms with E-state index in [2.05, 4.69) is 20.9 Å². The summed E-state index contributed by atoms with van der Waals surface area (Å²) in [5.41, 5.74) is 0.696. The number of rotatable bonds is 2. The molecule has 0 aliphatic rings. The first kappa shape index (κ1) is 12.9. The van der Waals surface area contributed by atoms with E-state index in [0.717, 1.165) is 15.2 Å². The molecule has 0 saturated heterocycles. The first-order valence-electron chi connectivity index (χ1n) is 6.16. The summed E-state index contributed by atoms with van der Waals surface area (Å²) in [6.07, 6.45) is 1.71. The summed E-state index contributed by atoms with van der Waals surface area (Å²) in [7, 11) is 0. The van der Waals surface area contributed by atoms with Crippen LogP contribution in [0.2, 0.25) is 0 Å². The highest BCUT2D eigenvalue weighted by Crippen LogP contribution is 2.34. The van der Waals surface area contributed by atoms with Crippen molar-refractivity contribution in [2.24, 2.45) is 0 Å². The van der Waals surface area contributed by atoms with Gasteiger partial charge in [0.1, 0.15) is 11.5 Å². The number of aromatic nitrogens is 1. The van der Waals surface area contributed by atoms with Crippen molar-refractivity contribution >= 4 is 26.7 Å². The average molecular weight is 330 g/mol. The van der Waals surface area contributed by atoms with Gasteiger partial charge in [-0.15, -0.1) is 0 Å². The summed E-state index contributed by atoms with van der Waals surface area (Å²) in [5.74, 6) is 1.34. The number of phenolic OH excluding ortho intramolecular Hbond substituents is 1. The third-order valence-electron chi connectivity index (χ3n) is 3.18. The van der Waals surface area contributed by atoms with Gasteiger partial charge in [0, 0.05) is 27.0 Å². The van der Waals surface area contributed by atoms with E-state index in [9.17, 15) is 5.11 Å². The van der Waals surface area contributed by atoms with Gasteiger partial charge in [-0.1, -0.05) is 28.1 Å². The molecule has 0 unspecified atom stereocenters. The molecule has 0 aliphatic heterocycles. The van der Waals surface area contributed by atoms with E-state index < -0.39 is 0 Å². The summed E-state index contributed by atoms with van der Waals surface area (Å²) >= 11 is 3.52. The number of nitrogens with zero attached hydrogens (tertiary/aromatic N) is 1. The molecule has 0 fully saturated rings. The van der Waals surface area contributed by atoms with Crippen LogP contribution in [-0.4, -0.2) is 10.1 Å². The number of hydrogen-bond donors (Lipinski definition) is 1. The van der Waals surface area contributed by atoms with Crippen molar-refractivity contribution in [2.75, 3.05) is 0 Å². The molecule has 1 heterocycles. The van der Waals surface area contributed by atoms with Gasteiger partial charge < -0.3 is 9.84 Å². The number of benzene rings is 2. The van der Waals surface area contributed by atoms with Gasteiger partial charge in [0.05, 0.1) is 0 Å². The summed E-state index contributed by atoms with van der Waals surface area (Å²) in [6.45, 7) is 1.81. The lowest BCUT2D eigenvalue weighted by Crippen LogP contribution is -1.92. The fraction of sp³-hybridized carbons (Fsp3) is 0.0625. The molecule has 20 heavy (non-hydrogen) atoms.